The lowest BCUT2D eigenvalue weighted by Crippen LogP contribution is -2.25. The summed E-state index contributed by atoms with van der Waals surface area (Å²) >= 11 is 7.60. The number of ether oxygens (including phenoxy) is 1. The highest BCUT2D eigenvalue weighted by Gasteiger charge is 2.17. The van der Waals surface area contributed by atoms with Crippen LogP contribution in [0.3, 0.4) is 0 Å². The third-order valence-electron chi connectivity index (χ3n) is 5.23. The van der Waals surface area contributed by atoms with E-state index in [1.165, 1.54) is 11.8 Å². The first kappa shape index (κ1) is 22.5. The fraction of sp³-hybridized carbons (Fsp3) is 0.348. The standard InChI is InChI=1S/C23H25ClN2O3S/c1-13-10-14(2)21(16(4)27)15(3)19(13)12-30-23-25-20-11-17(24)6-7-18(20)22(28)26(23)8-9-29-5/h6-7,10-11H,8-9,12H2,1-5H3. The number of carbonyl (C=O) groups is 1. The normalized spacial score (nSPS) is 11.3. The topological polar surface area (TPSA) is 61.2 Å². The fourth-order valence-electron chi connectivity index (χ4n) is 3.79. The van der Waals surface area contributed by atoms with E-state index in [1.54, 1.807) is 36.8 Å². The Bertz CT molecular complexity index is 1190. The van der Waals surface area contributed by atoms with E-state index >= 15 is 0 Å². The number of fused-ring (bicyclic) bond motifs is 1. The quantitative estimate of drug-likeness (QED) is 0.287. The predicted octanol–water partition coefficient (Wildman–Crippen LogP) is 5.12. The predicted molar refractivity (Wildman–Crippen MR) is 123 cm³/mol. The van der Waals surface area contributed by atoms with Gasteiger partial charge in [-0.05, 0) is 68.1 Å². The molecular formula is C23H25ClN2O3S. The third kappa shape index (κ3) is 4.46. The van der Waals surface area contributed by atoms with Crippen molar-refractivity contribution in [2.45, 2.75) is 45.1 Å². The van der Waals surface area contributed by atoms with Crippen LogP contribution in [0.25, 0.3) is 10.9 Å². The van der Waals surface area contributed by atoms with Crippen molar-refractivity contribution in [3.05, 3.63) is 67.5 Å². The first-order valence-electron chi connectivity index (χ1n) is 9.67. The van der Waals surface area contributed by atoms with Crippen molar-refractivity contribution in [3.8, 4) is 0 Å². The first-order valence-corrected chi connectivity index (χ1v) is 11.0. The number of Topliss-reactive ketones (excluding diaryl/α,β-unsaturated/α-hetero) is 1. The highest BCUT2D eigenvalue weighted by molar-refractivity contribution is 7.98. The molecule has 30 heavy (non-hydrogen) atoms. The van der Waals surface area contributed by atoms with Crippen LogP contribution in [0.1, 0.15) is 39.5 Å². The molecule has 7 heteroatoms. The Morgan fingerprint density at radius 1 is 1.20 bits per heavy atom. The number of benzene rings is 2. The molecule has 0 N–H and O–H groups in total. The second-order valence-corrected chi connectivity index (χ2v) is 8.72. The Kier molecular flexibility index (Phi) is 7.01. The molecule has 0 bridgehead atoms. The smallest absolute Gasteiger partial charge is 0.262 e. The van der Waals surface area contributed by atoms with Gasteiger partial charge in [0.25, 0.3) is 5.56 Å². The largest absolute Gasteiger partial charge is 0.383 e. The van der Waals surface area contributed by atoms with Crippen LogP contribution in [0.5, 0.6) is 0 Å². The lowest BCUT2D eigenvalue weighted by molar-refractivity contribution is 0.101. The summed E-state index contributed by atoms with van der Waals surface area (Å²) < 4.78 is 6.84. The van der Waals surface area contributed by atoms with E-state index in [9.17, 15) is 9.59 Å². The number of nitrogens with zero attached hydrogens (tertiary/aromatic N) is 2. The van der Waals surface area contributed by atoms with E-state index in [0.717, 1.165) is 27.8 Å². The third-order valence-corrected chi connectivity index (χ3v) is 6.47. The highest BCUT2D eigenvalue weighted by Crippen LogP contribution is 2.29. The molecule has 3 aromatic rings. The second kappa shape index (κ2) is 9.33. The molecule has 3 rings (SSSR count). The van der Waals surface area contributed by atoms with Crippen molar-refractivity contribution in [2.24, 2.45) is 0 Å². The molecule has 0 aliphatic carbocycles. The molecular weight excluding hydrogens is 420 g/mol. The first-order chi connectivity index (χ1) is 14.2. The minimum atomic E-state index is -0.113. The molecule has 158 valence electrons. The number of hydrogen-bond donors (Lipinski definition) is 0. The molecule has 1 heterocycles. The molecule has 5 nitrogen and oxygen atoms in total. The second-order valence-electron chi connectivity index (χ2n) is 7.34. The number of hydrogen-bond acceptors (Lipinski definition) is 5. The Labute approximate surface area is 185 Å². The van der Waals surface area contributed by atoms with Crippen LogP contribution in [0.15, 0.2) is 34.2 Å². The molecule has 0 fully saturated rings. The van der Waals surface area contributed by atoms with Crippen LogP contribution < -0.4 is 5.56 Å². The number of halogens is 1. The van der Waals surface area contributed by atoms with E-state index < -0.39 is 0 Å². The Morgan fingerprint density at radius 2 is 1.93 bits per heavy atom. The SMILES string of the molecule is COCCn1c(SCc2c(C)cc(C)c(C(C)=O)c2C)nc2cc(Cl)ccc2c1=O. The maximum atomic E-state index is 13.1. The van der Waals surface area contributed by atoms with Crippen LogP contribution in [0.4, 0.5) is 0 Å². The molecule has 0 unspecified atom stereocenters. The summed E-state index contributed by atoms with van der Waals surface area (Å²) in [7, 11) is 1.61. The number of aromatic nitrogens is 2. The van der Waals surface area contributed by atoms with E-state index in [0.29, 0.717) is 40.0 Å². The van der Waals surface area contributed by atoms with Gasteiger partial charge in [0.2, 0.25) is 0 Å². The fourth-order valence-corrected chi connectivity index (χ4v) is 5.17. The van der Waals surface area contributed by atoms with Crippen LogP contribution in [-0.2, 0) is 17.0 Å². The van der Waals surface area contributed by atoms with Crippen LogP contribution >= 0.6 is 23.4 Å². The number of carbonyl (C=O) groups excluding carboxylic acids is 1. The van der Waals surface area contributed by atoms with E-state index in [4.69, 9.17) is 21.3 Å². The minimum Gasteiger partial charge on any atom is -0.383 e. The van der Waals surface area contributed by atoms with Crippen molar-refractivity contribution < 1.29 is 9.53 Å². The van der Waals surface area contributed by atoms with Gasteiger partial charge in [0.15, 0.2) is 10.9 Å². The molecule has 0 aliphatic heterocycles. The Balaban J connectivity index is 2.06. The van der Waals surface area contributed by atoms with Crippen molar-refractivity contribution in [2.75, 3.05) is 13.7 Å². The van der Waals surface area contributed by atoms with Gasteiger partial charge >= 0.3 is 0 Å². The van der Waals surface area contributed by atoms with Gasteiger partial charge in [-0.25, -0.2) is 4.98 Å². The van der Waals surface area contributed by atoms with E-state index in [2.05, 4.69) is 0 Å². The van der Waals surface area contributed by atoms with Crippen molar-refractivity contribution in [1.82, 2.24) is 9.55 Å². The van der Waals surface area contributed by atoms with Crippen LogP contribution in [0, 0.1) is 20.8 Å². The maximum Gasteiger partial charge on any atom is 0.262 e. The van der Waals surface area contributed by atoms with Crippen LogP contribution in [-0.4, -0.2) is 29.1 Å². The van der Waals surface area contributed by atoms with E-state index in [1.807, 2.05) is 26.8 Å². The molecule has 0 aliphatic rings. The summed E-state index contributed by atoms with van der Waals surface area (Å²) in [4.78, 5) is 29.9. The van der Waals surface area contributed by atoms with Crippen molar-refractivity contribution >= 4 is 40.0 Å². The molecule has 0 atom stereocenters. The van der Waals surface area contributed by atoms with Gasteiger partial charge in [-0.2, -0.15) is 0 Å². The van der Waals surface area contributed by atoms with Crippen molar-refractivity contribution in [3.63, 3.8) is 0 Å². The number of methoxy groups -OCH3 is 1. The lowest BCUT2D eigenvalue weighted by atomic mass is 9.92. The zero-order chi connectivity index (χ0) is 22.0. The Morgan fingerprint density at radius 3 is 2.60 bits per heavy atom. The summed E-state index contributed by atoms with van der Waals surface area (Å²) in [6, 6.07) is 7.16. The highest BCUT2D eigenvalue weighted by atomic mass is 35.5. The number of aryl methyl sites for hydroxylation is 2. The molecule has 0 spiro atoms. The zero-order valence-corrected chi connectivity index (χ0v) is 19.4. The van der Waals surface area contributed by atoms with Crippen molar-refractivity contribution in [1.29, 1.82) is 0 Å². The average Bonchev–Trinajstić information content (AvgIpc) is 2.66. The molecule has 0 radical (unpaired) electrons. The number of thioether (sulfide) groups is 1. The van der Waals surface area contributed by atoms with Gasteiger partial charge in [-0.3, -0.25) is 14.2 Å². The zero-order valence-electron chi connectivity index (χ0n) is 17.8. The van der Waals surface area contributed by atoms with Gasteiger partial charge in [0.1, 0.15) is 0 Å². The maximum absolute atomic E-state index is 13.1. The molecule has 2 aromatic carbocycles. The Hall–Kier alpha value is -2.15. The summed E-state index contributed by atoms with van der Waals surface area (Å²) in [5.74, 6) is 0.663. The molecule has 0 saturated carbocycles. The summed E-state index contributed by atoms with van der Waals surface area (Å²) in [6.45, 7) is 8.41. The lowest BCUT2D eigenvalue weighted by Gasteiger charge is -2.17. The summed E-state index contributed by atoms with van der Waals surface area (Å²) in [6.07, 6.45) is 0. The number of ketones is 1. The number of rotatable bonds is 7. The van der Waals surface area contributed by atoms with Gasteiger partial charge in [0, 0.05) is 23.4 Å². The minimum absolute atomic E-state index is 0.0618. The summed E-state index contributed by atoms with van der Waals surface area (Å²) in [5.41, 5.74) is 5.42. The monoisotopic (exact) mass is 444 g/mol. The van der Waals surface area contributed by atoms with Gasteiger partial charge in [0.05, 0.1) is 24.1 Å². The summed E-state index contributed by atoms with van der Waals surface area (Å²) in [5, 5.41) is 1.67. The molecule has 0 saturated heterocycles. The van der Waals surface area contributed by atoms with E-state index in [-0.39, 0.29) is 11.3 Å². The average molecular weight is 445 g/mol. The molecule has 0 amide bonds. The van der Waals surface area contributed by atoms with Crippen LogP contribution in [0.2, 0.25) is 5.02 Å². The van der Waals surface area contributed by atoms with Gasteiger partial charge in [-0.1, -0.05) is 29.4 Å². The molecule has 1 aromatic heterocycles. The van der Waals surface area contributed by atoms with Gasteiger partial charge < -0.3 is 4.74 Å². The van der Waals surface area contributed by atoms with Gasteiger partial charge in [-0.15, -0.1) is 0 Å².